The van der Waals surface area contributed by atoms with E-state index in [0.29, 0.717) is 5.56 Å². The summed E-state index contributed by atoms with van der Waals surface area (Å²) < 4.78 is 20.2. The van der Waals surface area contributed by atoms with E-state index in [1.54, 1.807) is 6.07 Å². The average molecular weight is 384 g/mol. The largest absolute Gasteiger partial charge is 0.493 e. The number of hydrogen-bond donors (Lipinski definition) is 4. The Morgan fingerprint density at radius 2 is 1.78 bits per heavy atom. The number of rotatable bonds is 6. The molecule has 0 bridgehead atoms. The molecule has 0 aliphatic carbocycles. The van der Waals surface area contributed by atoms with E-state index in [1.165, 1.54) is 38.5 Å². The van der Waals surface area contributed by atoms with Crippen molar-refractivity contribution in [1.82, 2.24) is 0 Å². The van der Waals surface area contributed by atoms with Crippen LogP contribution in [-0.4, -0.2) is 77.3 Å². The van der Waals surface area contributed by atoms with Crippen LogP contribution < -0.4 is 9.47 Å². The van der Waals surface area contributed by atoms with Gasteiger partial charge in [-0.3, -0.25) is 0 Å². The lowest BCUT2D eigenvalue weighted by Gasteiger charge is -2.38. The van der Waals surface area contributed by atoms with Crippen molar-refractivity contribution >= 4 is 18.0 Å². The third kappa shape index (κ3) is 4.74. The van der Waals surface area contributed by atoms with Gasteiger partial charge in [-0.1, -0.05) is 6.07 Å². The van der Waals surface area contributed by atoms with Crippen LogP contribution in [0.5, 0.6) is 11.5 Å². The first-order chi connectivity index (χ1) is 12.8. The van der Waals surface area contributed by atoms with Crippen molar-refractivity contribution in [3.63, 3.8) is 0 Å². The zero-order chi connectivity index (χ0) is 20.1. The Morgan fingerprint density at radius 1 is 1.07 bits per heavy atom. The van der Waals surface area contributed by atoms with Crippen molar-refractivity contribution in [2.75, 3.05) is 14.2 Å². The van der Waals surface area contributed by atoms with Crippen LogP contribution >= 0.6 is 0 Å². The van der Waals surface area contributed by atoms with Gasteiger partial charge < -0.3 is 39.4 Å². The van der Waals surface area contributed by atoms with Gasteiger partial charge in [-0.2, -0.15) is 0 Å². The van der Waals surface area contributed by atoms with Crippen LogP contribution in [0, 0.1) is 0 Å². The summed E-state index contributed by atoms with van der Waals surface area (Å²) in [6.45, 7) is 0. The van der Waals surface area contributed by atoms with Gasteiger partial charge >= 0.3 is 11.9 Å². The summed E-state index contributed by atoms with van der Waals surface area (Å²) in [6, 6.07) is 4.52. The fourth-order valence-corrected chi connectivity index (χ4v) is 2.39. The van der Waals surface area contributed by atoms with Crippen LogP contribution in [0.15, 0.2) is 24.3 Å². The molecule has 1 aliphatic rings. The highest BCUT2D eigenvalue weighted by Crippen LogP contribution is 2.32. The molecule has 1 saturated heterocycles. The van der Waals surface area contributed by atoms with E-state index in [-0.39, 0.29) is 11.5 Å². The zero-order valence-electron chi connectivity index (χ0n) is 14.5. The highest BCUT2D eigenvalue weighted by molar-refractivity contribution is 5.87. The number of carbonyl (C=O) groups is 2. The van der Waals surface area contributed by atoms with Gasteiger partial charge in [-0.05, 0) is 23.8 Å². The molecule has 0 radical (unpaired) electrons. The Balaban J connectivity index is 2.21. The molecule has 0 spiro atoms. The molecule has 148 valence electrons. The van der Waals surface area contributed by atoms with Gasteiger partial charge in [0.2, 0.25) is 6.29 Å². The van der Waals surface area contributed by atoms with Crippen LogP contribution in [0.4, 0.5) is 0 Å². The highest BCUT2D eigenvalue weighted by Gasteiger charge is 2.48. The molecule has 1 aromatic rings. The molecular weight excluding hydrogens is 364 g/mol. The number of aliphatic hydroxyl groups excluding tert-OH is 3. The molecule has 0 unspecified atom stereocenters. The van der Waals surface area contributed by atoms with E-state index in [9.17, 15) is 24.9 Å². The van der Waals surface area contributed by atoms with Gasteiger partial charge in [0.15, 0.2) is 17.6 Å². The second kappa shape index (κ2) is 8.82. The number of carboxylic acid groups (broad SMARTS) is 1. The SMILES string of the molecule is COC(=O)/C=C/c1ccc(O[C@@H]2O[C@H](C(=O)O)[C@@H](O)[C@H](O)[C@H]2O)c(OC)c1. The number of hydrogen-bond acceptors (Lipinski definition) is 9. The molecule has 2 rings (SSSR count). The standard InChI is InChI=1S/C17H20O10/c1-24-10-7-8(4-6-11(18)25-2)3-5-9(10)26-17-14(21)12(19)13(20)15(27-17)16(22)23/h3-7,12-15,17,19-21H,1-2H3,(H,22,23)/b6-4+/t12-,13-,14+,15-,17+/m0/s1. The lowest BCUT2D eigenvalue weighted by Crippen LogP contribution is -2.61. The predicted molar refractivity (Wildman–Crippen MR) is 89.0 cm³/mol. The van der Waals surface area contributed by atoms with Gasteiger partial charge in [0.05, 0.1) is 14.2 Å². The van der Waals surface area contributed by atoms with Crippen LogP contribution in [0.1, 0.15) is 5.56 Å². The summed E-state index contributed by atoms with van der Waals surface area (Å²) in [6.07, 6.45) is -5.94. The molecule has 10 nitrogen and oxygen atoms in total. The van der Waals surface area contributed by atoms with E-state index in [0.717, 1.165) is 0 Å². The molecule has 1 heterocycles. The predicted octanol–water partition coefficient (Wildman–Crippen LogP) is -0.848. The zero-order valence-corrected chi connectivity index (χ0v) is 14.5. The van der Waals surface area contributed by atoms with Crippen molar-refractivity contribution in [3.8, 4) is 11.5 Å². The molecule has 1 aromatic carbocycles. The number of methoxy groups -OCH3 is 2. The molecule has 5 atom stereocenters. The number of carbonyl (C=O) groups excluding carboxylic acids is 1. The van der Waals surface area contributed by atoms with Crippen molar-refractivity contribution in [2.24, 2.45) is 0 Å². The number of carboxylic acids is 1. The maximum Gasteiger partial charge on any atom is 0.335 e. The molecular formula is C17H20O10. The van der Waals surface area contributed by atoms with E-state index < -0.39 is 42.6 Å². The van der Waals surface area contributed by atoms with E-state index in [2.05, 4.69) is 4.74 Å². The number of benzene rings is 1. The fourth-order valence-electron chi connectivity index (χ4n) is 2.39. The third-order valence-electron chi connectivity index (χ3n) is 3.86. The first kappa shape index (κ1) is 20.6. The van der Waals surface area contributed by atoms with Crippen LogP contribution in [0.2, 0.25) is 0 Å². The van der Waals surface area contributed by atoms with Crippen LogP contribution in [0.3, 0.4) is 0 Å². The molecule has 0 aromatic heterocycles. The maximum absolute atomic E-state index is 11.1. The minimum absolute atomic E-state index is 0.0875. The summed E-state index contributed by atoms with van der Waals surface area (Å²) >= 11 is 0. The first-order valence-electron chi connectivity index (χ1n) is 7.81. The molecule has 0 amide bonds. The van der Waals surface area contributed by atoms with Gasteiger partial charge in [0.25, 0.3) is 0 Å². The van der Waals surface area contributed by atoms with E-state index >= 15 is 0 Å². The summed E-state index contributed by atoms with van der Waals surface area (Å²) in [5.74, 6) is -1.77. The smallest absolute Gasteiger partial charge is 0.335 e. The minimum Gasteiger partial charge on any atom is -0.493 e. The highest BCUT2D eigenvalue weighted by atomic mass is 16.7. The number of aliphatic hydroxyl groups is 3. The van der Waals surface area contributed by atoms with Gasteiger partial charge in [0, 0.05) is 6.08 Å². The van der Waals surface area contributed by atoms with Gasteiger partial charge in [0.1, 0.15) is 18.3 Å². The van der Waals surface area contributed by atoms with E-state index in [1.807, 2.05) is 0 Å². The Hall–Kier alpha value is -2.66. The second-order valence-corrected chi connectivity index (χ2v) is 5.62. The van der Waals surface area contributed by atoms with Crippen LogP contribution in [0.25, 0.3) is 6.08 Å². The summed E-state index contributed by atoms with van der Waals surface area (Å²) in [5, 5.41) is 38.6. The molecule has 10 heteroatoms. The Kier molecular flexibility index (Phi) is 6.75. The van der Waals surface area contributed by atoms with Gasteiger partial charge in [-0.15, -0.1) is 0 Å². The Labute approximate surface area is 154 Å². The molecule has 1 aliphatic heterocycles. The number of aliphatic carboxylic acids is 1. The summed E-state index contributed by atoms with van der Waals surface area (Å²) in [5.41, 5.74) is 0.577. The topological polar surface area (TPSA) is 152 Å². The van der Waals surface area contributed by atoms with Crippen molar-refractivity contribution in [3.05, 3.63) is 29.8 Å². The quantitative estimate of drug-likeness (QED) is 0.360. The van der Waals surface area contributed by atoms with E-state index in [4.69, 9.17) is 19.3 Å². The summed E-state index contributed by atoms with van der Waals surface area (Å²) in [4.78, 5) is 22.3. The monoisotopic (exact) mass is 384 g/mol. The lowest BCUT2D eigenvalue weighted by atomic mass is 9.99. The maximum atomic E-state index is 11.1. The molecule has 27 heavy (non-hydrogen) atoms. The number of esters is 1. The third-order valence-corrected chi connectivity index (χ3v) is 3.86. The Morgan fingerprint density at radius 3 is 2.37 bits per heavy atom. The van der Waals surface area contributed by atoms with Crippen molar-refractivity contribution in [2.45, 2.75) is 30.7 Å². The Bertz CT molecular complexity index is 716. The normalized spacial score (nSPS) is 28.0. The molecule has 4 N–H and O–H groups in total. The number of ether oxygens (including phenoxy) is 4. The van der Waals surface area contributed by atoms with Crippen LogP contribution in [-0.2, 0) is 19.1 Å². The van der Waals surface area contributed by atoms with Gasteiger partial charge in [-0.25, -0.2) is 9.59 Å². The van der Waals surface area contributed by atoms with Crippen molar-refractivity contribution in [1.29, 1.82) is 0 Å². The lowest BCUT2D eigenvalue weighted by molar-refractivity contribution is -0.271. The summed E-state index contributed by atoms with van der Waals surface area (Å²) in [7, 11) is 2.60. The molecule has 0 saturated carbocycles. The second-order valence-electron chi connectivity index (χ2n) is 5.62. The minimum atomic E-state index is -1.81. The molecule has 1 fully saturated rings. The fraction of sp³-hybridized carbons (Fsp3) is 0.412. The first-order valence-corrected chi connectivity index (χ1v) is 7.81. The average Bonchev–Trinajstić information content (AvgIpc) is 2.66. The van der Waals surface area contributed by atoms with Crippen molar-refractivity contribution < 1.29 is 49.0 Å².